The summed E-state index contributed by atoms with van der Waals surface area (Å²) in [6.45, 7) is 4.35. The number of nitrogens with zero attached hydrogens (tertiary/aromatic N) is 4. The number of aromatic nitrogens is 4. The summed E-state index contributed by atoms with van der Waals surface area (Å²) in [4.78, 5) is 24.7. The number of imidazole rings is 1. The molecule has 0 spiro atoms. The third-order valence-electron chi connectivity index (χ3n) is 3.85. The fourth-order valence-corrected chi connectivity index (χ4v) is 2.63. The molecular weight excluding hydrogens is 320 g/mol. The quantitative estimate of drug-likeness (QED) is 0.506. The van der Waals surface area contributed by atoms with E-state index in [9.17, 15) is 4.79 Å². The van der Waals surface area contributed by atoms with E-state index in [0.29, 0.717) is 28.3 Å². The van der Waals surface area contributed by atoms with Crippen LogP contribution in [0.5, 0.6) is 11.5 Å². The normalized spacial score (nSPS) is 10.8. The van der Waals surface area contributed by atoms with Gasteiger partial charge < -0.3 is 14.0 Å². The minimum atomic E-state index is -0.398. The second-order valence-electron chi connectivity index (χ2n) is 5.64. The number of unbranched alkanes of at least 4 members (excludes halogenated alkanes) is 1. The SMILES string of the molecule is CCCCn1cnc2c(-c3cc(OC)ccc3OC(C)=O)ncnc21. The predicted octanol–water partition coefficient (Wildman–Crippen LogP) is 3.23. The highest BCUT2D eigenvalue weighted by molar-refractivity contribution is 5.90. The molecule has 0 aliphatic carbocycles. The number of rotatable bonds is 6. The molecule has 0 saturated heterocycles. The van der Waals surface area contributed by atoms with Crippen LogP contribution in [0.4, 0.5) is 0 Å². The number of carbonyl (C=O) groups excluding carboxylic acids is 1. The third-order valence-corrected chi connectivity index (χ3v) is 3.85. The van der Waals surface area contributed by atoms with E-state index in [-0.39, 0.29) is 0 Å². The van der Waals surface area contributed by atoms with E-state index >= 15 is 0 Å². The van der Waals surface area contributed by atoms with Gasteiger partial charge in [0.15, 0.2) is 5.65 Å². The molecule has 0 bridgehead atoms. The highest BCUT2D eigenvalue weighted by Gasteiger charge is 2.17. The van der Waals surface area contributed by atoms with Crippen LogP contribution in [0.1, 0.15) is 26.7 Å². The van der Waals surface area contributed by atoms with Crippen LogP contribution in [0.2, 0.25) is 0 Å². The van der Waals surface area contributed by atoms with Gasteiger partial charge in [-0.1, -0.05) is 13.3 Å². The van der Waals surface area contributed by atoms with E-state index < -0.39 is 5.97 Å². The Kier molecular flexibility index (Phi) is 4.92. The lowest BCUT2D eigenvalue weighted by Gasteiger charge is -2.11. The van der Waals surface area contributed by atoms with E-state index in [2.05, 4.69) is 21.9 Å². The van der Waals surface area contributed by atoms with Crippen LogP contribution in [0.3, 0.4) is 0 Å². The van der Waals surface area contributed by atoms with Gasteiger partial charge in [-0.2, -0.15) is 0 Å². The van der Waals surface area contributed by atoms with Gasteiger partial charge in [-0.15, -0.1) is 0 Å². The van der Waals surface area contributed by atoms with Gasteiger partial charge in [-0.05, 0) is 24.6 Å². The van der Waals surface area contributed by atoms with Gasteiger partial charge >= 0.3 is 5.97 Å². The molecule has 0 amide bonds. The topological polar surface area (TPSA) is 79.1 Å². The Morgan fingerprint density at radius 1 is 1.24 bits per heavy atom. The Hall–Kier alpha value is -2.96. The van der Waals surface area contributed by atoms with E-state index in [1.54, 1.807) is 31.6 Å². The zero-order valence-electron chi connectivity index (χ0n) is 14.5. The van der Waals surface area contributed by atoms with Crippen molar-refractivity contribution in [1.29, 1.82) is 0 Å². The van der Waals surface area contributed by atoms with Crippen LogP contribution >= 0.6 is 0 Å². The molecular formula is C18H20N4O3. The van der Waals surface area contributed by atoms with Crippen molar-refractivity contribution in [3.05, 3.63) is 30.9 Å². The van der Waals surface area contributed by atoms with Crippen molar-refractivity contribution in [1.82, 2.24) is 19.5 Å². The van der Waals surface area contributed by atoms with Gasteiger partial charge in [0.1, 0.15) is 29.0 Å². The van der Waals surface area contributed by atoms with E-state index in [4.69, 9.17) is 9.47 Å². The molecule has 0 atom stereocenters. The van der Waals surface area contributed by atoms with Crippen molar-refractivity contribution >= 4 is 17.1 Å². The first kappa shape index (κ1) is 16.9. The Bertz CT molecular complexity index is 904. The summed E-state index contributed by atoms with van der Waals surface area (Å²) in [5, 5.41) is 0. The van der Waals surface area contributed by atoms with Crippen LogP contribution in [-0.2, 0) is 11.3 Å². The Labute approximate surface area is 145 Å². The molecule has 0 aliphatic rings. The Balaban J connectivity index is 2.15. The maximum atomic E-state index is 11.4. The summed E-state index contributed by atoms with van der Waals surface area (Å²) < 4.78 is 12.6. The van der Waals surface area contributed by atoms with Gasteiger partial charge in [0.05, 0.1) is 13.4 Å². The Morgan fingerprint density at radius 2 is 2.08 bits per heavy atom. The van der Waals surface area contributed by atoms with Gasteiger partial charge in [0.25, 0.3) is 0 Å². The molecule has 0 N–H and O–H groups in total. The van der Waals surface area contributed by atoms with Crippen molar-refractivity contribution in [3.63, 3.8) is 0 Å². The summed E-state index contributed by atoms with van der Waals surface area (Å²) in [5.41, 5.74) is 2.67. The van der Waals surface area contributed by atoms with Crippen molar-refractivity contribution in [2.45, 2.75) is 33.2 Å². The number of ether oxygens (including phenoxy) is 2. The molecule has 0 unspecified atom stereocenters. The monoisotopic (exact) mass is 340 g/mol. The summed E-state index contributed by atoms with van der Waals surface area (Å²) >= 11 is 0. The maximum Gasteiger partial charge on any atom is 0.308 e. The maximum absolute atomic E-state index is 11.4. The Morgan fingerprint density at radius 3 is 2.80 bits per heavy atom. The number of hydrogen-bond donors (Lipinski definition) is 0. The van der Waals surface area contributed by atoms with Crippen molar-refractivity contribution in [2.24, 2.45) is 0 Å². The number of fused-ring (bicyclic) bond motifs is 1. The van der Waals surface area contributed by atoms with Crippen LogP contribution in [0.25, 0.3) is 22.4 Å². The van der Waals surface area contributed by atoms with E-state index in [1.165, 1.54) is 13.3 Å². The molecule has 1 aromatic carbocycles. The third kappa shape index (κ3) is 3.45. The number of aryl methyl sites for hydroxylation is 1. The molecule has 0 fully saturated rings. The first-order valence-electron chi connectivity index (χ1n) is 8.16. The highest BCUT2D eigenvalue weighted by Crippen LogP contribution is 2.35. The molecule has 2 aromatic heterocycles. The van der Waals surface area contributed by atoms with Crippen molar-refractivity contribution < 1.29 is 14.3 Å². The molecule has 3 rings (SSSR count). The lowest BCUT2D eigenvalue weighted by Crippen LogP contribution is -2.04. The largest absolute Gasteiger partial charge is 0.497 e. The molecule has 130 valence electrons. The minimum absolute atomic E-state index is 0.398. The second-order valence-corrected chi connectivity index (χ2v) is 5.64. The molecule has 3 aromatic rings. The number of methoxy groups -OCH3 is 1. The van der Waals surface area contributed by atoms with Crippen molar-refractivity contribution in [2.75, 3.05) is 7.11 Å². The van der Waals surface area contributed by atoms with Gasteiger partial charge in [-0.3, -0.25) is 4.79 Å². The standard InChI is InChI=1S/C18H20N4O3/c1-4-5-8-22-11-21-17-16(19-10-20-18(17)22)14-9-13(24-3)6-7-15(14)25-12(2)23/h6-7,9-11H,4-5,8H2,1-3H3. The van der Waals surface area contributed by atoms with Crippen LogP contribution in [-0.4, -0.2) is 32.6 Å². The van der Waals surface area contributed by atoms with Gasteiger partial charge in [0, 0.05) is 19.0 Å². The lowest BCUT2D eigenvalue weighted by molar-refractivity contribution is -0.131. The average Bonchev–Trinajstić information content (AvgIpc) is 3.03. The summed E-state index contributed by atoms with van der Waals surface area (Å²) in [6.07, 6.45) is 5.40. The minimum Gasteiger partial charge on any atom is -0.497 e. The zero-order valence-corrected chi connectivity index (χ0v) is 14.5. The average molecular weight is 340 g/mol. The van der Waals surface area contributed by atoms with E-state index in [1.807, 2.05) is 4.57 Å². The first-order chi connectivity index (χ1) is 12.1. The summed E-state index contributed by atoms with van der Waals surface area (Å²) in [6, 6.07) is 5.21. The van der Waals surface area contributed by atoms with E-state index in [0.717, 1.165) is 25.0 Å². The molecule has 7 heteroatoms. The highest BCUT2D eigenvalue weighted by atomic mass is 16.5. The smallest absolute Gasteiger partial charge is 0.308 e. The lowest BCUT2D eigenvalue weighted by atomic mass is 10.1. The number of esters is 1. The van der Waals surface area contributed by atoms with Gasteiger partial charge in [0.2, 0.25) is 0 Å². The molecule has 7 nitrogen and oxygen atoms in total. The molecule has 0 aliphatic heterocycles. The molecule has 0 radical (unpaired) electrons. The number of carbonyl (C=O) groups is 1. The first-order valence-corrected chi connectivity index (χ1v) is 8.16. The fourth-order valence-electron chi connectivity index (χ4n) is 2.63. The predicted molar refractivity (Wildman–Crippen MR) is 93.5 cm³/mol. The molecule has 2 heterocycles. The van der Waals surface area contributed by atoms with Crippen molar-refractivity contribution in [3.8, 4) is 22.8 Å². The fraction of sp³-hybridized carbons (Fsp3) is 0.333. The zero-order chi connectivity index (χ0) is 17.8. The molecule has 0 saturated carbocycles. The number of hydrogen-bond acceptors (Lipinski definition) is 6. The van der Waals surface area contributed by atoms with Crippen LogP contribution in [0.15, 0.2) is 30.9 Å². The number of benzene rings is 1. The van der Waals surface area contributed by atoms with Crippen LogP contribution < -0.4 is 9.47 Å². The van der Waals surface area contributed by atoms with Gasteiger partial charge in [-0.25, -0.2) is 15.0 Å². The summed E-state index contributed by atoms with van der Waals surface area (Å²) in [5.74, 6) is 0.657. The molecule has 25 heavy (non-hydrogen) atoms. The van der Waals surface area contributed by atoms with Crippen LogP contribution in [0, 0.1) is 0 Å². The summed E-state index contributed by atoms with van der Waals surface area (Å²) in [7, 11) is 1.58. The second kappa shape index (κ2) is 7.29.